The van der Waals surface area contributed by atoms with Crippen molar-refractivity contribution in [2.45, 2.75) is 20.0 Å². The Kier molecular flexibility index (Phi) is 2.02. The summed E-state index contributed by atoms with van der Waals surface area (Å²) in [6.45, 7) is 3.27. The molecule has 1 nitrogen and oxygen atoms in total. The average Bonchev–Trinajstić information content (AvgIpc) is 2.47. The van der Waals surface area contributed by atoms with Gasteiger partial charge in [-0.15, -0.1) is 0 Å². The standard InChI is InChI=1S/C11H11F2N/c1-6-5-9-10(13)4-3-8(7(2)12)11(9)14-6/h3-5,7,14H,1-2H3. The molecule has 0 bridgehead atoms. The first-order valence-electron chi connectivity index (χ1n) is 4.51. The highest BCUT2D eigenvalue weighted by molar-refractivity contribution is 5.84. The number of fused-ring (bicyclic) bond motifs is 1. The van der Waals surface area contributed by atoms with Gasteiger partial charge in [-0.3, -0.25) is 0 Å². The number of rotatable bonds is 1. The minimum absolute atomic E-state index is 0.311. The van der Waals surface area contributed by atoms with Crippen molar-refractivity contribution in [1.82, 2.24) is 4.98 Å². The molecule has 0 aliphatic rings. The summed E-state index contributed by atoms with van der Waals surface area (Å²) in [6, 6.07) is 4.48. The summed E-state index contributed by atoms with van der Waals surface area (Å²) in [5.41, 5.74) is 1.92. The Balaban J connectivity index is 2.81. The number of hydrogen-bond acceptors (Lipinski definition) is 0. The Hall–Kier alpha value is -1.38. The van der Waals surface area contributed by atoms with Crippen molar-refractivity contribution >= 4 is 10.9 Å². The zero-order chi connectivity index (χ0) is 10.3. The maximum absolute atomic E-state index is 13.3. The minimum Gasteiger partial charge on any atom is -0.358 e. The summed E-state index contributed by atoms with van der Waals surface area (Å²) < 4.78 is 26.5. The predicted octanol–water partition coefficient (Wildman–Crippen LogP) is 3.65. The van der Waals surface area contributed by atoms with E-state index in [1.807, 2.05) is 6.92 Å². The van der Waals surface area contributed by atoms with Crippen molar-refractivity contribution in [3.63, 3.8) is 0 Å². The molecule has 14 heavy (non-hydrogen) atoms. The third-order valence-electron chi connectivity index (χ3n) is 2.34. The number of aryl methyl sites for hydroxylation is 1. The fraction of sp³-hybridized carbons (Fsp3) is 0.273. The van der Waals surface area contributed by atoms with Crippen molar-refractivity contribution < 1.29 is 8.78 Å². The molecular formula is C11H11F2N. The van der Waals surface area contributed by atoms with Crippen LogP contribution in [0.15, 0.2) is 18.2 Å². The summed E-state index contributed by atoms with van der Waals surface area (Å²) in [7, 11) is 0. The van der Waals surface area contributed by atoms with Crippen LogP contribution < -0.4 is 0 Å². The van der Waals surface area contributed by atoms with Gasteiger partial charge in [0.2, 0.25) is 0 Å². The first-order chi connectivity index (χ1) is 6.59. The second-order valence-electron chi connectivity index (χ2n) is 3.49. The topological polar surface area (TPSA) is 15.8 Å². The van der Waals surface area contributed by atoms with E-state index >= 15 is 0 Å². The molecule has 0 spiro atoms. The van der Waals surface area contributed by atoms with E-state index in [9.17, 15) is 8.78 Å². The molecule has 0 aliphatic carbocycles. The number of H-pyrrole nitrogens is 1. The third-order valence-corrected chi connectivity index (χ3v) is 2.34. The van der Waals surface area contributed by atoms with Gasteiger partial charge in [0, 0.05) is 16.6 Å². The average molecular weight is 195 g/mol. The molecule has 1 N–H and O–H groups in total. The number of hydrogen-bond donors (Lipinski definition) is 1. The van der Waals surface area contributed by atoms with Crippen LogP contribution >= 0.6 is 0 Å². The largest absolute Gasteiger partial charge is 0.358 e. The second kappa shape index (κ2) is 3.08. The molecule has 0 radical (unpaired) electrons. The van der Waals surface area contributed by atoms with Crippen molar-refractivity contribution in [3.05, 3.63) is 35.3 Å². The SMILES string of the molecule is Cc1cc2c(F)ccc(C(C)F)c2[nH]1. The van der Waals surface area contributed by atoms with Gasteiger partial charge in [0.15, 0.2) is 0 Å². The Morgan fingerprint density at radius 2 is 2.07 bits per heavy atom. The van der Waals surface area contributed by atoms with E-state index < -0.39 is 6.17 Å². The van der Waals surface area contributed by atoms with Crippen LogP contribution in [0.5, 0.6) is 0 Å². The lowest BCUT2D eigenvalue weighted by Crippen LogP contribution is -1.89. The molecule has 0 fully saturated rings. The summed E-state index contributed by atoms with van der Waals surface area (Å²) in [5, 5.41) is 0.463. The molecule has 0 saturated carbocycles. The van der Waals surface area contributed by atoms with Crippen LogP contribution in [-0.2, 0) is 0 Å². The number of halogens is 2. The van der Waals surface area contributed by atoms with Gasteiger partial charge >= 0.3 is 0 Å². The number of alkyl halides is 1. The van der Waals surface area contributed by atoms with Crippen LogP contribution in [-0.4, -0.2) is 4.98 Å². The fourth-order valence-corrected chi connectivity index (χ4v) is 1.67. The van der Waals surface area contributed by atoms with Crippen LogP contribution in [0.2, 0.25) is 0 Å². The molecule has 0 amide bonds. The van der Waals surface area contributed by atoms with E-state index in [1.165, 1.54) is 19.1 Å². The Labute approximate surface area is 80.7 Å². The van der Waals surface area contributed by atoms with Gasteiger partial charge < -0.3 is 4.98 Å². The molecule has 2 rings (SSSR count). The maximum Gasteiger partial charge on any atom is 0.132 e. The lowest BCUT2D eigenvalue weighted by atomic mass is 10.1. The first kappa shape index (κ1) is 9.19. The van der Waals surface area contributed by atoms with Crippen LogP contribution in [0.3, 0.4) is 0 Å². The van der Waals surface area contributed by atoms with E-state index in [-0.39, 0.29) is 5.82 Å². The molecule has 0 saturated heterocycles. The Bertz CT molecular complexity index is 471. The zero-order valence-electron chi connectivity index (χ0n) is 8.07. The van der Waals surface area contributed by atoms with E-state index in [1.54, 1.807) is 6.07 Å². The van der Waals surface area contributed by atoms with Gasteiger partial charge in [-0.2, -0.15) is 0 Å². The molecule has 74 valence electrons. The van der Waals surface area contributed by atoms with Crippen LogP contribution in [0.4, 0.5) is 8.78 Å². The fourth-order valence-electron chi connectivity index (χ4n) is 1.67. The van der Waals surface area contributed by atoms with E-state index in [0.717, 1.165) is 5.69 Å². The van der Waals surface area contributed by atoms with E-state index in [2.05, 4.69) is 4.98 Å². The number of benzene rings is 1. The number of aromatic amines is 1. The van der Waals surface area contributed by atoms with Gasteiger partial charge in [-0.1, -0.05) is 6.07 Å². The highest BCUT2D eigenvalue weighted by Crippen LogP contribution is 2.28. The lowest BCUT2D eigenvalue weighted by molar-refractivity contribution is 0.376. The second-order valence-corrected chi connectivity index (χ2v) is 3.49. The van der Waals surface area contributed by atoms with E-state index in [4.69, 9.17) is 0 Å². The predicted molar refractivity (Wildman–Crippen MR) is 52.5 cm³/mol. The van der Waals surface area contributed by atoms with Crippen LogP contribution in [0.25, 0.3) is 10.9 Å². The maximum atomic E-state index is 13.3. The van der Waals surface area contributed by atoms with Crippen LogP contribution in [0, 0.1) is 12.7 Å². The highest BCUT2D eigenvalue weighted by Gasteiger charge is 2.12. The van der Waals surface area contributed by atoms with Crippen molar-refractivity contribution in [2.24, 2.45) is 0 Å². The molecule has 1 atom stereocenters. The highest BCUT2D eigenvalue weighted by atomic mass is 19.1. The molecule has 2 aromatic rings. The van der Waals surface area contributed by atoms with E-state index in [0.29, 0.717) is 16.5 Å². The molecule has 0 aliphatic heterocycles. The molecule has 1 aromatic carbocycles. The van der Waals surface area contributed by atoms with Gasteiger partial charge in [-0.25, -0.2) is 8.78 Å². The summed E-state index contributed by atoms with van der Waals surface area (Å²) in [4.78, 5) is 2.97. The Morgan fingerprint density at radius 3 is 2.71 bits per heavy atom. The monoisotopic (exact) mass is 195 g/mol. The quantitative estimate of drug-likeness (QED) is 0.714. The van der Waals surface area contributed by atoms with Crippen molar-refractivity contribution in [1.29, 1.82) is 0 Å². The normalized spacial score (nSPS) is 13.4. The number of nitrogens with one attached hydrogen (secondary N) is 1. The van der Waals surface area contributed by atoms with Gasteiger partial charge in [0.25, 0.3) is 0 Å². The van der Waals surface area contributed by atoms with Crippen LogP contribution in [0.1, 0.15) is 24.4 Å². The van der Waals surface area contributed by atoms with Crippen molar-refractivity contribution in [2.75, 3.05) is 0 Å². The van der Waals surface area contributed by atoms with Gasteiger partial charge in [-0.05, 0) is 26.0 Å². The lowest BCUT2D eigenvalue weighted by Gasteiger charge is -2.04. The molecular weight excluding hydrogens is 184 g/mol. The zero-order valence-corrected chi connectivity index (χ0v) is 8.07. The van der Waals surface area contributed by atoms with Gasteiger partial charge in [0.05, 0.1) is 5.52 Å². The molecule has 1 aromatic heterocycles. The Morgan fingerprint density at radius 1 is 1.36 bits per heavy atom. The summed E-state index contributed by atoms with van der Waals surface area (Å²) in [6.07, 6.45) is -1.09. The molecule has 3 heteroatoms. The van der Waals surface area contributed by atoms with Crippen molar-refractivity contribution in [3.8, 4) is 0 Å². The smallest absolute Gasteiger partial charge is 0.132 e. The first-order valence-corrected chi connectivity index (χ1v) is 4.51. The number of aromatic nitrogens is 1. The summed E-state index contributed by atoms with van der Waals surface area (Å²) in [5.74, 6) is -0.311. The minimum atomic E-state index is -1.09. The van der Waals surface area contributed by atoms with Gasteiger partial charge in [0.1, 0.15) is 12.0 Å². The molecule has 1 heterocycles. The third kappa shape index (κ3) is 1.29. The summed E-state index contributed by atoms with van der Waals surface area (Å²) >= 11 is 0. The molecule has 1 unspecified atom stereocenters.